The number of halogens is 1. The number of carbonyl (C=O) groups is 1. The minimum atomic E-state index is -0.291. The number of nitrogens with zero attached hydrogens (tertiary/aromatic N) is 1. The number of nitrogens with one attached hydrogen (secondary N) is 1. The Bertz CT molecular complexity index is 571. The van der Waals surface area contributed by atoms with Gasteiger partial charge in [-0.3, -0.25) is 4.79 Å². The third kappa shape index (κ3) is 5.12. The smallest absolute Gasteiger partial charge is 0.228 e. The van der Waals surface area contributed by atoms with Crippen LogP contribution in [0.4, 0.5) is 5.13 Å². The lowest BCUT2D eigenvalue weighted by Gasteiger charge is -2.11. The number of carbonyl (C=O) groups excluding carboxylic acids is 1. The largest absolute Gasteiger partial charge is 0.324 e. The Morgan fingerprint density at radius 3 is 2.57 bits per heavy atom. The summed E-state index contributed by atoms with van der Waals surface area (Å²) in [7, 11) is 0. The zero-order valence-electron chi connectivity index (χ0n) is 12.1. The molecule has 0 radical (unpaired) electrons. The van der Waals surface area contributed by atoms with Crippen molar-refractivity contribution in [3.63, 3.8) is 0 Å². The second-order valence-electron chi connectivity index (χ2n) is 5.00. The van der Waals surface area contributed by atoms with E-state index in [4.69, 9.17) is 5.73 Å². The number of anilines is 1. The van der Waals surface area contributed by atoms with Gasteiger partial charge in [-0.05, 0) is 11.5 Å². The fourth-order valence-electron chi connectivity index (χ4n) is 1.80. The molecule has 1 unspecified atom stereocenters. The van der Waals surface area contributed by atoms with Gasteiger partial charge in [-0.1, -0.05) is 44.2 Å². The van der Waals surface area contributed by atoms with Crippen LogP contribution in [0.3, 0.4) is 0 Å². The zero-order chi connectivity index (χ0) is 14.5. The number of rotatable bonds is 5. The summed E-state index contributed by atoms with van der Waals surface area (Å²) in [5.41, 5.74) is 7.99. The van der Waals surface area contributed by atoms with E-state index in [1.165, 1.54) is 11.3 Å². The van der Waals surface area contributed by atoms with E-state index in [-0.39, 0.29) is 30.8 Å². The maximum atomic E-state index is 12.0. The summed E-state index contributed by atoms with van der Waals surface area (Å²) >= 11 is 1.45. The van der Waals surface area contributed by atoms with Crippen molar-refractivity contribution in [1.82, 2.24) is 4.98 Å². The van der Waals surface area contributed by atoms with Gasteiger partial charge in [0.05, 0.1) is 5.69 Å². The quantitative estimate of drug-likeness (QED) is 0.880. The van der Waals surface area contributed by atoms with Gasteiger partial charge in [-0.15, -0.1) is 23.7 Å². The molecule has 0 saturated carbocycles. The molecule has 0 fully saturated rings. The Hall–Kier alpha value is -1.43. The molecule has 3 N–H and O–H groups in total. The SMILES string of the molecule is CC(C)c1csc(NC(=O)CC(N)c2ccccc2)n1.Cl. The van der Waals surface area contributed by atoms with Gasteiger partial charge < -0.3 is 11.1 Å². The van der Waals surface area contributed by atoms with Crippen LogP contribution in [0, 0.1) is 0 Å². The van der Waals surface area contributed by atoms with E-state index in [2.05, 4.69) is 24.1 Å². The molecule has 21 heavy (non-hydrogen) atoms. The Kier molecular flexibility index (Phi) is 6.81. The number of nitrogens with two attached hydrogens (primary N) is 1. The molecule has 0 saturated heterocycles. The lowest BCUT2D eigenvalue weighted by Crippen LogP contribution is -2.20. The summed E-state index contributed by atoms with van der Waals surface area (Å²) in [5.74, 6) is 0.259. The number of thiazole rings is 1. The number of benzene rings is 1. The van der Waals surface area contributed by atoms with E-state index < -0.39 is 0 Å². The van der Waals surface area contributed by atoms with Crippen LogP contribution in [0.1, 0.15) is 43.5 Å². The lowest BCUT2D eigenvalue weighted by molar-refractivity contribution is -0.116. The average molecular weight is 326 g/mol. The number of hydrogen-bond donors (Lipinski definition) is 2. The Balaban J connectivity index is 0.00000220. The molecule has 1 amide bonds. The summed E-state index contributed by atoms with van der Waals surface area (Å²) in [5, 5.41) is 5.41. The molecule has 114 valence electrons. The predicted molar refractivity (Wildman–Crippen MR) is 90.1 cm³/mol. The number of amides is 1. The first kappa shape index (κ1) is 17.6. The third-order valence-electron chi connectivity index (χ3n) is 2.99. The second-order valence-corrected chi connectivity index (χ2v) is 5.86. The summed E-state index contributed by atoms with van der Waals surface area (Å²) in [4.78, 5) is 16.3. The average Bonchev–Trinajstić information content (AvgIpc) is 2.88. The van der Waals surface area contributed by atoms with E-state index in [9.17, 15) is 4.79 Å². The van der Waals surface area contributed by atoms with Crippen LogP contribution in [0.2, 0.25) is 0 Å². The van der Waals surface area contributed by atoms with Gasteiger partial charge in [0.15, 0.2) is 5.13 Å². The van der Waals surface area contributed by atoms with Crippen molar-refractivity contribution >= 4 is 34.8 Å². The van der Waals surface area contributed by atoms with Crippen molar-refractivity contribution in [2.75, 3.05) is 5.32 Å². The molecule has 2 rings (SSSR count). The standard InChI is InChI=1S/C15H19N3OS.ClH/c1-10(2)13-9-20-15(17-13)18-14(19)8-12(16)11-6-4-3-5-7-11;/h3-7,9-10,12H,8,16H2,1-2H3,(H,17,18,19);1H. The first-order valence-corrected chi connectivity index (χ1v) is 7.50. The van der Waals surface area contributed by atoms with E-state index >= 15 is 0 Å². The van der Waals surface area contributed by atoms with E-state index in [1.807, 2.05) is 35.7 Å². The van der Waals surface area contributed by atoms with E-state index in [1.54, 1.807) is 0 Å². The maximum absolute atomic E-state index is 12.0. The highest BCUT2D eigenvalue weighted by Gasteiger charge is 2.13. The summed E-state index contributed by atoms with van der Waals surface area (Å²) < 4.78 is 0. The summed E-state index contributed by atoms with van der Waals surface area (Å²) in [6.45, 7) is 4.15. The minimum Gasteiger partial charge on any atom is -0.324 e. The number of hydrogen-bond acceptors (Lipinski definition) is 4. The molecule has 0 aliphatic carbocycles. The van der Waals surface area contributed by atoms with Crippen molar-refractivity contribution in [3.05, 3.63) is 47.0 Å². The molecule has 1 heterocycles. The fraction of sp³-hybridized carbons (Fsp3) is 0.333. The first-order chi connectivity index (χ1) is 9.56. The van der Waals surface area contributed by atoms with Crippen LogP contribution >= 0.6 is 23.7 Å². The molecule has 0 bridgehead atoms. The molecule has 0 spiro atoms. The number of aromatic nitrogens is 1. The second kappa shape index (κ2) is 8.12. The third-order valence-corrected chi connectivity index (χ3v) is 3.77. The van der Waals surface area contributed by atoms with Crippen molar-refractivity contribution < 1.29 is 4.79 Å². The Morgan fingerprint density at radius 1 is 1.33 bits per heavy atom. The summed E-state index contributed by atoms with van der Waals surface area (Å²) in [6, 6.07) is 9.34. The van der Waals surface area contributed by atoms with Crippen molar-refractivity contribution in [2.24, 2.45) is 5.73 Å². The highest BCUT2D eigenvalue weighted by Crippen LogP contribution is 2.22. The fourth-order valence-corrected chi connectivity index (χ4v) is 2.68. The van der Waals surface area contributed by atoms with Crippen molar-refractivity contribution in [3.8, 4) is 0 Å². The highest BCUT2D eigenvalue weighted by molar-refractivity contribution is 7.13. The van der Waals surface area contributed by atoms with Gasteiger partial charge >= 0.3 is 0 Å². The van der Waals surface area contributed by atoms with Crippen molar-refractivity contribution in [2.45, 2.75) is 32.2 Å². The molecular weight excluding hydrogens is 306 g/mol. The Labute approximate surface area is 135 Å². The molecule has 0 aliphatic heterocycles. The maximum Gasteiger partial charge on any atom is 0.228 e. The highest BCUT2D eigenvalue weighted by atomic mass is 35.5. The van der Waals surface area contributed by atoms with Crippen LogP contribution in [0.5, 0.6) is 0 Å². The molecule has 0 aliphatic rings. The van der Waals surface area contributed by atoms with Gasteiger partial charge in [0.25, 0.3) is 0 Å². The van der Waals surface area contributed by atoms with Gasteiger partial charge in [-0.25, -0.2) is 4.98 Å². The van der Waals surface area contributed by atoms with Crippen LogP contribution in [-0.4, -0.2) is 10.9 Å². The van der Waals surface area contributed by atoms with Crippen LogP contribution in [-0.2, 0) is 4.79 Å². The van der Waals surface area contributed by atoms with Crippen LogP contribution < -0.4 is 11.1 Å². The van der Waals surface area contributed by atoms with E-state index in [0.29, 0.717) is 11.0 Å². The van der Waals surface area contributed by atoms with Crippen molar-refractivity contribution in [1.29, 1.82) is 0 Å². The molecule has 1 atom stereocenters. The van der Waals surface area contributed by atoms with Gasteiger partial charge in [0.1, 0.15) is 0 Å². The van der Waals surface area contributed by atoms with Crippen LogP contribution in [0.15, 0.2) is 35.7 Å². The molecule has 4 nitrogen and oxygen atoms in total. The van der Waals surface area contributed by atoms with Gasteiger partial charge in [-0.2, -0.15) is 0 Å². The predicted octanol–water partition coefficient (Wildman–Crippen LogP) is 3.72. The normalized spacial score (nSPS) is 11.8. The Morgan fingerprint density at radius 2 is 2.00 bits per heavy atom. The summed E-state index contributed by atoms with van der Waals surface area (Å²) in [6.07, 6.45) is 0.251. The van der Waals surface area contributed by atoms with Gasteiger partial charge in [0, 0.05) is 17.8 Å². The lowest BCUT2D eigenvalue weighted by atomic mass is 10.0. The topological polar surface area (TPSA) is 68.0 Å². The molecule has 1 aromatic carbocycles. The monoisotopic (exact) mass is 325 g/mol. The molecule has 1 aromatic heterocycles. The molecule has 6 heteroatoms. The van der Waals surface area contributed by atoms with Gasteiger partial charge in [0.2, 0.25) is 5.91 Å². The van der Waals surface area contributed by atoms with E-state index in [0.717, 1.165) is 11.3 Å². The molecular formula is C15H20ClN3OS. The first-order valence-electron chi connectivity index (χ1n) is 6.62. The molecule has 2 aromatic rings. The minimum absolute atomic E-state index is 0. The van der Waals surface area contributed by atoms with Crippen LogP contribution in [0.25, 0.3) is 0 Å². The zero-order valence-corrected chi connectivity index (χ0v) is 13.7.